The highest BCUT2D eigenvalue weighted by Gasteiger charge is 2.46. The van der Waals surface area contributed by atoms with Gasteiger partial charge in [0.05, 0.1) is 18.3 Å². The fourth-order valence-corrected chi connectivity index (χ4v) is 3.34. The fraction of sp³-hybridized carbons (Fsp3) is 0.400. The number of allylic oxidation sites excluding steroid dienone is 2. The first-order chi connectivity index (χ1) is 13.0. The lowest BCUT2D eigenvalue weighted by Crippen LogP contribution is -2.33. The van der Waals surface area contributed by atoms with Crippen molar-refractivity contribution in [2.45, 2.75) is 26.2 Å². The zero-order valence-corrected chi connectivity index (χ0v) is 15.1. The number of hydrogen-bond donors (Lipinski definition) is 1. The lowest BCUT2D eigenvalue weighted by molar-refractivity contribution is -0.148. The molecule has 0 saturated carbocycles. The van der Waals surface area contributed by atoms with Gasteiger partial charge in [-0.05, 0) is 31.9 Å². The van der Waals surface area contributed by atoms with E-state index in [0.29, 0.717) is 18.5 Å². The number of carbonyl (C=O) groups excluding carboxylic acids is 4. The Balaban J connectivity index is 1.42. The monoisotopic (exact) mass is 370 g/mol. The summed E-state index contributed by atoms with van der Waals surface area (Å²) in [7, 11) is 0. The van der Waals surface area contributed by atoms with Gasteiger partial charge in [-0.25, -0.2) is 0 Å². The van der Waals surface area contributed by atoms with Crippen molar-refractivity contribution >= 4 is 29.4 Å². The van der Waals surface area contributed by atoms with Crippen molar-refractivity contribution in [2.75, 3.05) is 18.5 Å². The lowest BCUT2D eigenvalue weighted by Gasteiger charge is -2.14. The normalized spacial score (nSPS) is 21.1. The Kier molecular flexibility index (Phi) is 5.69. The summed E-state index contributed by atoms with van der Waals surface area (Å²) < 4.78 is 4.94. The molecule has 1 fully saturated rings. The Labute approximate surface area is 157 Å². The number of likely N-dealkylation sites (tertiary alicyclic amines) is 1. The first kappa shape index (κ1) is 18.8. The number of esters is 1. The molecule has 1 saturated heterocycles. The van der Waals surface area contributed by atoms with Gasteiger partial charge in [0.25, 0.3) is 5.91 Å². The molecule has 2 aliphatic rings. The largest absolute Gasteiger partial charge is 0.456 e. The molecule has 0 radical (unpaired) electrons. The number of amides is 3. The van der Waals surface area contributed by atoms with Gasteiger partial charge in [0.2, 0.25) is 11.8 Å². The molecule has 0 spiro atoms. The Morgan fingerprint density at radius 3 is 2.26 bits per heavy atom. The SMILES string of the molecule is Cc1ccc(NC(=O)COC(=O)CCN2C(=O)[C@H]3CC=CC[C@H]3C2=O)cc1. The van der Waals surface area contributed by atoms with E-state index in [4.69, 9.17) is 4.74 Å². The van der Waals surface area contributed by atoms with E-state index in [2.05, 4.69) is 5.32 Å². The number of carbonyl (C=O) groups is 4. The highest BCUT2D eigenvalue weighted by atomic mass is 16.5. The molecule has 1 heterocycles. The third kappa shape index (κ3) is 4.42. The molecule has 1 N–H and O–H groups in total. The summed E-state index contributed by atoms with van der Waals surface area (Å²) in [4.78, 5) is 49.5. The second kappa shape index (κ2) is 8.16. The van der Waals surface area contributed by atoms with Crippen LogP contribution in [0.4, 0.5) is 5.69 Å². The van der Waals surface area contributed by atoms with Crippen LogP contribution in [0.3, 0.4) is 0 Å². The van der Waals surface area contributed by atoms with E-state index in [1.165, 1.54) is 0 Å². The van der Waals surface area contributed by atoms with Crippen LogP contribution in [-0.2, 0) is 23.9 Å². The number of imide groups is 1. The minimum absolute atomic E-state index is 0.0108. The smallest absolute Gasteiger partial charge is 0.308 e. The van der Waals surface area contributed by atoms with E-state index in [-0.39, 0.29) is 36.6 Å². The zero-order valence-electron chi connectivity index (χ0n) is 15.1. The number of aryl methyl sites for hydroxylation is 1. The molecular formula is C20H22N2O5. The molecular weight excluding hydrogens is 348 g/mol. The van der Waals surface area contributed by atoms with Gasteiger partial charge in [-0.3, -0.25) is 24.1 Å². The lowest BCUT2D eigenvalue weighted by atomic mass is 9.85. The van der Waals surface area contributed by atoms with E-state index in [1.807, 2.05) is 31.2 Å². The van der Waals surface area contributed by atoms with Gasteiger partial charge < -0.3 is 10.1 Å². The summed E-state index contributed by atoms with van der Waals surface area (Å²) >= 11 is 0. The summed E-state index contributed by atoms with van der Waals surface area (Å²) in [6, 6.07) is 7.24. The molecule has 142 valence electrons. The molecule has 3 amide bonds. The minimum atomic E-state index is -0.623. The molecule has 1 aromatic carbocycles. The van der Waals surface area contributed by atoms with Crippen LogP contribution in [0.25, 0.3) is 0 Å². The number of nitrogens with zero attached hydrogens (tertiary/aromatic N) is 1. The van der Waals surface area contributed by atoms with Crippen molar-refractivity contribution in [1.29, 1.82) is 0 Å². The third-order valence-electron chi connectivity index (χ3n) is 4.84. The predicted octanol–water partition coefficient (Wildman–Crippen LogP) is 1.82. The van der Waals surface area contributed by atoms with Gasteiger partial charge in [0.15, 0.2) is 6.61 Å². The van der Waals surface area contributed by atoms with Gasteiger partial charge in [-0.1, -0.05) is 29.8 Å². The molecule has 2 atom stereocenters. The van der Waals surface area contributed by atoms with Crippen molar-refractivity contribution in [1.82, 2.24) is 4.90 Å². The molecule has 1 aliphatic carbocycles. The van der Waals surface area contributed by atoms with Crippen LogP contribution in [0.1, 0.15) is 24.8 Å². The first-order valence-corrected chi connectivity index (χ1v) is 8.98. The number of hydrogen-bond acceptors (Lipinski definition) is 5. The third-order valence-corrected chi connectivity index (χ3v) is 4.84. The molecule has 0 bridgehead atoms. The van der Waals surface area contributed by atoms with E-state index in [0.717, 1.165) is 10.5 Å². The average Bonchev–Trinajstić information content (AvgIpc) is 2.91. The standard InChI is InChI=1S/C20H22N2O5/c1-13-6-8-14(9-7-13)21-17(23)12-27-18(24)10-11-22-19(25)15-4-2-3-5-16(15)20(22)26/h2-3,6-9,15-16H,4-5,10-12H2,1H3,(H,21,23)/t15-,16+. The van der Waals surface area contributed by atoms with E-state index >= 15 is 0 Å². The van der Waals surface area contributed by atoms with E-state index in [1.54, 1.807) is 12.1 Å². The molecule has 3 rings (SSSR count). The highest BCUT2D eigenvalue weighted by Crippen LogP contribution is 2.34. The molecule has 7 nitrogen and oxygen atoms in total. The van der Waals surface area contributed by atoms with Crippen molar-refractivity contribution < 1.29 is 23.9 Å². The van der Waals surface area contributed by atoms with Gasteiger partial charge >= 0.3 is 5.97 Å². The van der Waals surface area contributed by atoms with E-state index in [9.17, 15) is 19.2 Å². The summed E-state index contributed by atoms with van der Waals surface area (Å²) in [6.45, 7) is 1.52. The molecule has 1 aliphatic heterocycles. The second-order valence-corrected chi connectivity index (χ2v) is 6.81. The van der Waals surface area contributed by atoms with Crippen LogP contribution in [-0.4, -0.2) is 41.7 Å². The summed E-state index contributed by atoms with van der Waals surface area (Å²) in [5.41, 5.74) is 1.69. The zero-order chi connectivity index (χ0) is 19.4. The maximum atomic E-state index is 12.3. The van der Waals surface area contributed by atoms with Gasteiger partial charge in [0, 0.05) is 12.2 Å². The second-order valence-electron chi connectivity index (χ2n) is 6.81. The Morgan fingerprint density at radius 1 is 1.07 bits per heavy atom. The van der Waals surface area contributed by atoms with Crippen LogP contribution in [0, 0.1) is 18.8 Å². The number of benzene rings is 1. The molecule has 7 heteroatoms. The van der Waals surface area contributed by atoms with Crippen molar-refractivity contribution in [3.63, 3.8) is 0 Å². The van der Waals surface area contributed by atoms with Crippen molar-refractivity contribution in [3.05, 3.63) is 42.0 Å². The van der Waals surface area contributed by atoms with Crippen molar-refractivity contribution in [2.24, 2.45) is 11.8 Å². The Morgan fingerprint density at radius 2 is 1.67 bits per heavy atom. The molecule has 0 aromatic heterocycles. The molecule has 1 aromatic rings. The number of fused-ring (bicyclic) bond motifs is 1. The van der Waals surface area contributed by atoms with Crippen LogP contribution >= 0.6 is 0 Å². The quantitative estimate of drug-likeness (QED) is 0.468. The highest BCUT2D eigenvalue weighted by molar-refractivity contribution is 6.05. The minimum Gasteiger partial charge on any atom is -0.456 e. The van der Waals surface area contributed by atoms with Gasteiger partial charge in [0.1, 0.15) is 0 Å². The first-order valence-electron chi connectivity index (χ1n) is 8.98. The maximum Gasteiger partial charge on any atom is 0.308 e. The summed E-state index contributed by atoms with van der Waals surface area (Å²) in [5.74, 6) is -2.13. The predicted molar refractivity (Wildman–Crippen MR) is 97.5 cm³/mol. The number of ether oxygens (including phenoxy) is 1. The fourth-order valence-electron chi connectivity index (χ4n) is 3.34. The van der Waals surface area contributed by atoms with Crippen LogP contribution < -0.4 is 5.32 Å². The Bertz CT molecular complexity index is 758. The summed E-state index contributed by atoms with van der Waals surface area (Å²) in [5, 5.41) is 2.63. The van der Waals surface area contributed by atoms with Crippen molar-refractivity contribution in [3.8, 4) is 0 Å². The summed E-state index contributed by atoms with van der Waals surface area (Å²) in [6.07, 6.45) is 4.83. The number of rotatable bonds is 6. The van der Waals surface area contributed by atoms with Gasteiger partial charge in [-0.15, -0.1) is 0 Å². The number of nitrogens with one attached hydrogen (secondary N) is 1. The van der Waals surface area contributed by atoms with E-state index < -0.39 is 18.5 Å². The average molecular weight is 370 g/mol. The van der Waals surface area contributed by atoms with Crippen LogP contribution in [0.5, 0.6) is 0 Å². The molecule has 0 unspecified atom stereocenters. The van der Waals surface area contributed by atoms with Crippen LogP contribution in [0.2, 0.25) is 0 Å². The molecule has 27 heavy (non-hydrogen) atoms. The van der Waals surface area contributed by atoms with Crippen LogP contribution in [0.15, 0.2) is 36.4 Å². The maximum absolute atomic E-state index is 12.3. The number of anilines is 1. The van der Waals surface area contributed by atoms with Gasteiger partial charge in [-0.2, -0.15) is 0 Å². The topological polar surface area (TPSA) is 92.8 Å². The Hall–Kier alpha value is -2.96.